The largest absolute Gasteiger partial charge is 0.372 e. The highest BCUT2D eigenvalue weighted by atomic mass is 19.1. The van der Waals surface area contributed by atoms with Gasteiger partial charge >= 0.3 is 0 Å². The maximum Gasteiger partial charge on any atom is 0.257 e. The van der Waals surface area contributed by atoms with Gasteiger partial charge in [0.1, 0.15) is 11.6 Å². The molecule has 1 aromatic rings. The van der Waals surface area contributed by atoms with E-state index < -0.39 is 5.82 Å². The third-order valence-electron chi connectivity index (χ3n) is 2.55. The fraction of sp³-hybridized carbons (Fsp3) is 0.500. The van der Waals surface area contributed by atoms with Crippen LogP contribution in [-0.4, -0.2) is 35.4 Å². The number of aromatic nitrogens is 1. The summed E-state index contributed by atoms with van der Waals surface area (Å²) in [5.41, 5.74) is 0.267. The zero-order valence-corrected chi connectivity index (χ0v) is 10.6. The molecule has 0 radical (unpaired) electrons. The fourth-order valence-electron chi connectivity index (χ4n) is 1.70. The Morgan fingerprint density at radius 2 is 2.24 bits per heavy atom. The summed E-state index contributed by atoms with van der Waals surface area (Å²) in [6, 6.07) is 1.28. The Morgan fingerprint density at radius 3 is 2.71 bits per heavy atom. The minimum Gasteiger partial charge on any atom is -0.372 e. The predicted octanol–water partition coefficient (Wildman–Crippen LogP) is 2.13. The molecule has 0 fully saturated rings. The van der Waals surface area contributed by atoms with Crippen LogP contribution in [0.1, 0.15) is 31.1 Å². The van der Waals surface area contributed by atoms with Crippen LogP contribution in [0.2, 0.25) is 0 Å². The molecule has 0 saturated heterocycles. The molecular formula is C12H18FN3O. The van der Waals surface area contributed by atoms with Crippen LogP contribution in [0.5, 0.6) is 0 Å². The second-order valence-electron chi connectivity index (χ2n) is 3.98. The first-order valence-electron chi connectivity index (χ1n) is 5.65. The van der Waals surface area contributed by atoms with E-state index in [0.29, 0.717) is 12.4 Å². The molecule has 0 unspecified atom stereocenters. The molecule has 0 saturated carbocycles. The van der Waals surface area contributed by atoms with Crippen LogP contribution in [0, 0.1) is 5.82 Å². The van der Waals surface area contributed by atoms with E-state index in [0.717, 1.165) is 6.20 Å². The van der Waals surface area contributed by atoms with E-state index in [1.165, 1.54) is 6.07 Å². The van der Waals surface area contributed by atoms with Gasteiger partial charge in [-0.25, -0.2) is 9.37 Å². The summed E-state index contributed by atoms with van der Waals surface area (Å²) in [7, 11) is 1.66. The van der Waals surface area contributed by atoms with Crippen molar-refractivity contribution in [2.75, 3.05) is 18.9 Å². The third kappa shape index (κ3) is 2.93. The molecule has 0 aliphatic heterocycles. The molecular weight excluding hydrogens is 221 g/mol. The van der Waals surface area contributed by atoms with Gasteiger partial charge in [-0.3, -0.25) is 4.79 Å². The average molecular weight is 239 g/mol. The maximum absolute atomic E-state index is 13.2. The van der Waals surface area contributed by atoms with Gasteiger partial charge in [-0.2, -0.15) is 0 Å². The van der Waals surface area contributed by atoms with E-state index in [2.05, 4.69) is 10.3 Å². The van der Waals surface area contributed by atoms with Crippen LogP contribution in [0.3, 0.4) is 0 Å². The Morgan fingerprint density at radius 1 is 1.59 bits per heavy atom. The number of hydrogen-bond donors (Lipinski definition) is 1. The van der Waals surface area contributed by atoms with Gasteiger partial charge in [-0.05, 0) is 26.8 Å². The molecule has 1 N–H and O–H groups in total. The van der Waals surface area contributed by atoms with Gasteiger partial charge in [0.2, 0.25) is 0 Å². The molecule has 0 atom stereocenters. The highest BCUT2D eigenvalue weighted by molar-refractivity contribution is 5.98. The number of amides is 1. The van der Waals surface area contributed by atoms with Crippen LogP contribution < -0.4 is 5.32 Å². The summed E-state index contributed by atoms with van der Waals surface area (Å²) in [5.74, 6) is -0.318. The van der Waals surface area contributed by atoms with Crippen molar-refractivity contribution in [2.45, 2.75) is 26.8 Å². The number of nitrogens with zero attached hydrogens (tertiary/aromatic N) is 2. The fourth-order valence-corrected chi connectivity index (χ4v) is 1.70. The van der Waals surface area contributed by atoms with E-state index >= 15 is 0 Å². The normalized spacial score (nSPS) is 10.5. The Balaban J connectivity index is 3.13. The molecule has 0 aliphatic rings. The second-order valence-corrected chi connectivity index (χ2v) is 3.98. The number of carbonyl (C=O) groups excluding carboxylic acids is 1. The Hall–Kier alpha value is -1.65. The monoisotopic (exact) mass is 239 g/mol. The summed E-state index contributed by atoms with van der Waals surface area (Å²) >= 11 is 0. The number of carbonyl (C=O) groups is 1. The quantitative estimate of drug-likeness (QED) is 0.875. The minimum atomic E-state index is -0.507. The molecule has 5 heteroatoms. The first kappa shape index (κ1) is 13.4. The highest BCUT2D eigenvalue weighted by Gasteiger charge is 2.21. The summed E-state index contributed by atoms with van der Waals surface area (Å²) in [6.45, 7) is 6.32. The van der Waals surface area contributed by atoms with Gasteiger partial charge in [0.05, 0.1) is 11.8 Å². The van der Waals surface area contributed by atoms with Crippen molar-refractivity contribution in [1.82, 2.24) is 9.88 Å². The summed E-state index contributed by atoms with van der Waals surface area (Å²) in [5, 5.41) is 2.80. The molecule has 0 bridgehead atoms. The Bertz CT molecular complexity index is 407. The number of hydrogen-bond acceptors (Lipinski definition) is 3. The van der Waals surface area contributed by atoms with E-state index in [-0.39, 0.29) is 17.5 Å². The molecule has 1 aromatic heterocycles. The molecule has 1 heterocycles. The van der Waals surface area contributed by atoms with Gasteiger partial charge in [0.25, 0.3) is 5.91 Å². The molecule has 94 valence electrons. The predicted molar refractivity (Wildman–Crippen MR) is 65.6 cm³/mol. The van der Waals surface area contributed by atoms with Gasteiger partial charge in [-0.15, -0.1) is 0 Å². The van der Waals surface area contributed by atoms with E-state index in [1.54, 1.807) is 11.9 Å². The zero-order valence-electron chi connectivity index (χ0n) is 10.6. The SMILES string of the molecule is CCN(C(=O)c1cc(F)cnc1NC)C(C)C. The highest BCUT2D eigenvalue weighted by Crippen LogP contribution is 2.16. The van der Waals surface area contributed by atoms with Crippen LogP contribution >= 0.6 is 0 Å². The van der Waals surface area contributed by atoms with Crippen LogP contribution in [-0.2, 0) is 0 Å². The lowest BCUT2D eigenvalue weighted by Crippen LogP contribution is -2.37. The van der Waals surface area contributed by atoms with Crippen molar-refractivity contribution < 1.29 is 9.18 Å². The van der Waals surface area contributed by atoms with Crippen molar-refractivity contribution in [2.24, 2.45) is 0 Å². The lowest BCUT2D eigenvalue weighted by atomic mass is 10.2. The molecule has 0 aliphatic carbocycles. The number of pyridine rings is 1. The van der Waals surface area contributed by atoms with E-state index in [4.69, 9.17) is 0 Å². The van der Waals surface area contributed by atoms with E-state index in [9.17, 15) is 9.18 Å². The average Bonchev–Trinajstić information content (AvgIpc) is 2.29. The van der Waals surface area contributed by atoms with E-state index in [1.807, 2.05) is 20.8 Å². The standard InChI is InChI=1S/C12H18FN3O/c1-5-16(8(2)3)12(17)10-6-9(13)7-15-11(10)14-4/h6-8H,5H2,1-4H3,(H,14,15). The third-order valence-corrected chi connectivity index (χ3v) is 2.55. The summed E-state index contributed by atoms with van der Waals surface area (Å²) < 4.78 is 13.2. The molecule has 4 nitrogen and oxygen atoms in total. The van der Waals surface area contributed by atoms with Crippen molar-refractivity contribution in [1.29, 1.82) is 0 Å². The van der Waals surface area contributed by atoms with Gasteiger partial charge in [-0.1, -0.05) is 0 Å². The van der Waals surface area contributed by atoms with Crippen molar-refractivity contribution in [3.8, 4) is 0 Å². The van der Waals surface area contributed by atoms with Crippen LogP contribution in [0.25, 0.3) is 0 Å². The van der Waals surface area contributed by atoms with Crippen molar-refractivity contribution in [3.05, 3.63) is 23.6 Å². The molecule has 1 rings (SSSR count). The number of halogens is 1. The number of anilines is 1. The van der Waals surface area contributed by atoms with Crippen molar-refractivity contribution >= 4 is 11.7 Å². The second kappa shape index (κ2) is 5.61. The van der Waals surface area contributed by atoms with Gasteiger partial charge < -0.3 is 10.2 Å². The number of nitrogens with one attached hydrogen (secondary N) is 1. The maximum atomic E-state index is 13.2. The summed E-state index contributed by atoms with van der Waals surface area (Å²) in [6.07, 6.45) is 1.09. The Labute approximate surface area is 101 Å². The number of rotatable bonds is 4. The van der Waals surface area contributed by atoms with Gasteiger partial charge in [0.15, 0.2) is 0 Å². The van der Waals surface area contributed by atoms with Gasteiger partial charge in [0, 0.05) is 19.6 Å². The molecule has 0 aromatic carbocycles. The van der Waals surface area contributed by atoms with Crippen LogP contribution in [0.15, 0.2) is 12.3 Å². The first-order valence-corrected chi connectivity index (χ1v) is 5.65. The zero-order chi connectivity index (χ0) is 13.0. The molecule has 0 spiro atoms. The smallest absolute Gasteiger partial charge is 0.257 e. The first-order chi connectivity index (χ1) is 8.01. The molecule has 1 amide bonds. The lowest BCUT2D eigenvalue weighted by Gasteiger charge is -2.25. The minimum absolute atomic E-state index is 0.0699. The van der Waals surface area contributed by atoms with Crippen LogP contribution in [0.4, 0.5) is 10.2 Å². The summed E-state index contributed by atoms with van der Waals surface area (Å²) in [4.78, 5) is 17.8. The van der Waals surface area contributed by atoms with Crippen molar-refractivity contribution in [3.63, 3.8) is 0 Å². The Kier molecular flexibility index (Phi) is 4.43. The topological polar surface area (TPSA) is 45.2 Å². The molecule has 17 heavy (non-hydrogen) atoms. The lowest BCUT2D eigenvalue weighted by molar-refractivity contribution is 0.0717.